The van der Waals surface area contributed by atoms with Crippen LogP contribution >= 0.6 is 35.3 Å². The minimum atomic E-state index is -0.160. The van der Waals surface area contributed by atoms with Gasteiger partial charge < -0.3 is 21.3 Å². The lowest BCUT2D eigenvalue weighted by Gasteiger charge is -2.31. The maximum atomic E-state index is 11.4. The van der Waals surface area contributed by atoms with Crippen molar-refractivity contribution in [2.24, 2.45) is 16.6 Å². The summed E-state index contributed by atoms with van der Waals surface area (Å²) in [7, 11) is 1.80. The lowest BCUT2D eigenvalue weighted by molar-refractivity contribution is -0.123. The lowest BCUT2D eigenvalue weighted by atomic mass is 9.97. The van der Waals surface area contributed by atoms with E-state index in [1.54, 1.807) is 7.05 Å². The van der Waals surface area contributed by atoms with Crippen molar-refractivity contribution in [2.45, 2.75) is 45.6 Å². The Morgan fingerprint density at radius 2 is 2.26 bits per heavy atom. The van der Waals surface area contributed by atoms with Gasteiger partial charge >= 0.3 is 0 Å². The lowest BCUT2D eigenvalue weighted by Crippen LogP contribution is -2.44. The van der Waals surface area contributed by atoms with E-state index in [-0.39, 0.29) is 35.8 Å². The van der Waals surface area contributed by atoms with Crippen LogP contribution in [0.1, 0.15) is 35.9 Å². The van der Waals surface area contributed by atoms with Crippen molar-refractivity contribution in [1.82, 2.24) is 15.5 Å². The Morgan fingerprint density at radius 1 is 1.48 bits per heavy atom. The van der Waals surface area contributed by atoms with E-state index in [2.05, 4.69) is 46.5 Å². The van der Waals surface area contributed by atoms with Crippen LogP contribution in [0.25, 0.3) is 0 Å². The number of aliphatic imine (C=N–C) groups is 1. The number of amides is 1. The van der Waals surface area contributed by atoms with Crippen LogP contribution in [-0.4, -0.2) is 56.0 Å². The number of likely N-dealkylation sites (tertiary alicyclic amines) is 1. The first-order chi connectivity index (χ1) is 12.5. The van der Waals surface area contributed by atoms with E-state index in [0.29, 0.717) is 6.04 Å². The van der Waals surface area contributed by atoms with E-state index < -0.39 is 0 Å². The van der Waals surface area contributed by atoms with Crippen LogP contribution < -0.4 is 16.4 Å². The molecule has 8 heteroatoms. The third kappa shape index (κ3) is 8.78. The number of carbonyl (C=O) groups excluding carboxylic acids is 1. The molecule has 6 nitrogen and oxygen atoms in total. The summed E-state index contributed by atoms with van der Waals surface area (Å²) in [5.74, 6) is 0.708. The minimum absolute atomic E-state index is 0. The molecule has 1 aromatic heterocycles. The number of hydrogen-bond donors (Lipinski definition) is 3. The Kier molecular flexibility index (Phi) is 11.2. The van der Waals surface area contributed by atoms with Gasteiger partial charge in [-0.1, -0.05) is 0 Å². The summed E-state index contributed by atoms with van der Waals surface area (Å²) in [6, 6.07) is 4.70. The van der Waals surface area contributed by atoms with Crippen molar-refractivity contribution in [3.8, 4) is 0 Å². The van der Waals surface area contributed by atoms with E-state index in [1.165, 1.54) is 9.75 Å². The van der Waals surface area contributed by atoms with Gasteiger partial charge in [-0.15, -0.1) is 35.3 Å². The zero-order chi connectivity index (χ0) is 18.9. The number of halogens is 1. The van der Waals surface area contributed by atoms with E-state index in [4.69, 9.17) is 5.73 Å². The van der Waals surface area contributed by atoms with Crippen molar-refractivity contribution in [2.75, 3.05) is 33.2 Å². The third-order valence-electron chi connectivity index (χ3n) is 4.76. The first kappa shape index (κ1) is 24.2. The summed E-state index contributed by atoms with van der Waals surface area (Å²) in [4.78, 5) is 20.8. The van der Waals surface area contributed by atoms with Crippen LogP contribution in [0, 0.1) is 12.8 Å². The van der Waals surface area contributed by atoms with E-state index in [9.17, 15) is 4.79 Å². The molecule has 1 amide bonds. The number of hydrogen-bond acceptors (Lipinski definition) is 4. The Balaban J connectivity index is 0.00000364. The summed E-state index contributed by atoms with van der Waals surface area (Å²) < 4.78 is 0. The predicted octanol–water partition coefficient (Wildman–Crippen LogP) is 2.36. The van der Waals surface area contributed by atoms with Crippen LogP contribution in [-0.2, 0) is 11.2 Å². The molecule has 0 saturated carbocycles. The molecular weight excluding hydrogens is 473 g/mol. The highest BCUT2D eigenvalue weighted by atomic mass is 127. The van der Waals surface area contributed by atoms with Gasteiger partial charge in [0.05, 0.1) is 5.92 Å². The van der Waals surface area contributed by atoms with Crippen LogP contribution in [0.15, 0.2) is 17.1 Å². The molecular formula is C19H34IN5OS. The number of guanidine groups is 1. The molecule has 2 unspecified atom stereocenters. The number of nitrogens with one attached hydrogen (secondary N) is 2. The molecule has 1 fully saturated rings. The van der Waals surface area contributed by atoms with Crippen molar-refractivity contribution < 1.29 is 4.79 Å². The summed E-state index contributed by atoms with van der Waals surface area (Å²) in [5, 5.41) is 6.84. The molecule has 27 heavy (non-hydrogen) atoms. The van der Waals surface area contributed by atoms with E-state index in [1.807, 2.05) is 11.3 Å². The van der Waals surface area contributed by atoms with Crippen LogP contribution in [0.4, 0.5) is 0 Å². The Labute approximate surface area is 184 Å². The molecule has 0 spiro atoms. The second kappa shape index (κ2) is 12.6. The highest BCUT2D eigenvalue weighted by Crippen LogP contribution is 2.17. The van der Waals surface area contributed by atoms with Gasteiger partial charge in [-0.2, -0.15) is 0 Å². The van der Waals surface area contributed by atoms with E-state index in [0.717, 1.165) is 57.8 Å². The molecule has 2 rings (SSSR count). The average molecular weight is 507 g/mol. The normalized spacial score (nSPS) is 19.2. The highest BCUT2D eigenvalue weighted by Gasteiger charge is 2.23. The van der Waals surface area contributed by atoms with Crippen LogP contribution in [0.5, 0.6) is 0 Å². The maximum Gasteiger partial charge on any atom is 0.221 e. The zero-order valence-electron chi connectivity index (χ0n) is 16.7. The van der Waals surface area contributed by atoms with Gasteiger partial charge in [0.25, 0.3) is 0 Å². The van der Waals surface area contributed by atoms with Crippen molar-refractivity contribution in [3.63, 3.8) is 0 Å². The predicted molar refractivity (Wildman–Crippen MR) is 125 cm³/mol. The number of piperidine rings is 1. The number of thiophene rings is 1. The second-order valence-electron chi connectivity index (χ2n) is 7.16. The fraction of sp³-hybridized carbons (Fsp3) is 0.684. The Hall–Kier alpha value is -0.870. The smallest absolute Gasteiger partial charge is 0.221 e. The molecule has 2 heterocycles. The van der Waals surface area contributed by atoms with Crippen molar-refractivity contribution >= 4 is 47.2 Å². The summed E-state index contributed by atoms with van der Waals surface area (Å²) in [6.45, 7) is 8.04. The summed E-state index contributed by atoms with van der Waals surface area (Å²) in [5.41, 5.74) is 5.44. The number of primary amides is 1. The van der Waals surface area contributed by atoms with Gasteiger partial charge in [-0.05, 0) is 58.3 Å². The molecule has 2 atom stereocenters. The Morgan fingerprint density at radius 3 is 2.89 bits per heavy atom. The quantitative estimate of drug-likeness (QED) is 0.218. The largest absolute Gasteiger partial charge is 0.369 e. The first-order valence-corrected chi connectivity index (χ1v) is 10.3. The van der Waals surface area contributed by atoms with Crippen LogP contribution in [0.2, 0.25) is 0 Å². The zero-order valence-corrected chi connectivity index (χ0v) is 19.8. The molecule has 1 saturated heterocycles. The van der Waals surface area contributed by atoms with Gasteiger partial charge in [0, 0.05) is 42.4 Å². The molecule has 0 radical (unpaired) electrons. The van der Waals surface area contributed by atoms with Crippen molar-refractivity contribution in [3.05, 3.63) is 21.9 Å². The number of carbonyl (C=O) groups is 1. The SMILES string of the molecule is CN=C(NCCCN1CCCC(C(N)=O)C1)NC(C)Cc1ccc(C)s1.I. The van der Waals surface area contributed by atoms with Gasteiger partial charge in [0.1, 0.15) is 0 Å². The fourth-order valence-electron chi connectivity index (χ4n) is 3.38. The molecule has 1 aliphatic rings. The molecule has 0 bridgehead atoms. The molecule has 0 aromatic carbocycles. The highest BCUT2D eigenvalue weighted by molar-refractivity contribution is 14.0. The molecule has 0 aliphatic carbocycles. The van der Waals surface area contributed by atoms with Crippen LogP contribution in [0.3, 0.4) is 0 Å². The summed E-state index contributed by atoms with van der Waals surface area (Å²) in [6.07, 6.45) is 4.01. The van der Waals surface area contributed by atoms with Crippen molar-refractivity contribution in [1.29, 1.82) is 0 Å². The number of aryl methyl sites for hydroxylation is 1. The van der Waals surface area contributed by atoms with Gasteiger partial charge in [-0.3, -0.25) is 9.79 Å². The first-order valence-electron chi connectivity index (χ1n) is 9.52. The maximum absolute atomic E-state index is 11.4. The van der Waals surface area contributed by atoms with Gasteiger partial charge in [0.15, 0.2) is 5.96 Å². The minimum Gasteiger partial charge on any atom is -0.369 e. The summed E-state index contributed by atoms with van der Waals surface area (Å²) >= 11 is 1.85. The number of rotatable bonds is 8. The number of nitrogens with zero attached hydrogens (tertiary/aromatic N) is 2. The molecule has 154 valence electrons. The average Bonchev–Trinajstić information content (AvgIpc) is 3.02. The molecule has 1 aromatic rings. The number of nitrogens with two attached hydrogens (primary N) is 1. The molecule has 1 aliphatic heterocycles. The van der Waals surface area contributed by atoms with E-state index >= 15 is 0 Å². The standard InChI is InChI=1S/C19H33N5OS.HI/c1-14(12-17-8-7-15(2)26-17)23-19(21-3)22-9-5-11-24-10-4-6-16(13-24)18(20)25;/h7-8,14,16H,4-6,9-13H2,1-3H3,(H2,20,25)(H2,21,22,23);1H. The monoisotopic (exact) mass is 507 g/mol. The van der Waals surface area contributed by atoms with Gasteiger partial charge in [-0.25, -0.2) is 0 Å². The molecule has 4 N–H and O–H groups in total. The topological polar surface area (TPSA) is 82.8 Å². The second-order valence-corrected chi connectivity index (χ2v) is 8.53. The van der Waals surface area contributed by atoms with Gasteiger partial charge in [0.2, 0.25) is 5.91 Å². The fourth-order valence-corrected chi connectivity index (χ4v) is 4.40. The Bertz CT molecular complexity index is 607. The third-order valence-corrected chi connectivity index (χ3v) is 5.78.